The second-order valence-electron chi connectivity index (χ2n) is 7.54. The molecule has 0 bridgehead atoms. The third kappa shape index (κ3) is 7.33. The molecule has 2 rings (SSSR count). The van der Waals surface area contributed by atoms with Gasteiger partial charge < -0.3 is 15.1 Å². The van der Waals surface area contributed by atoms with Gasteiger partial charge in [0.15, 0.2) is 6.10 Å². The average Bonchev–Trinajstić information content (AvgIpc) is 3.16. The number of unbranched alkanes of at least 4 members (excludes halogenated alkanes) is 6. The Morgan fingerprint density at radius 3 is 2.30 bits per heavy atom. The summed E-state index contributed by atoms with van der Waals surface area (Å²) in [4.78, 5) is 24.8. The molecule has 1 heterocycles. The molecule has 1 aliphatic heterocycles. The lowest BCUT2D eigenvalue weighted by atomic mass is 10.0. The van der Waals surface area contributed by atoms with Crippen LogP contribution in [0.3, 0.4) is 0 Å². The van der Waals surface area contributed by atoms with Gasteiger partial charge in [0.1, 0.15) is 0 Å². The largest absolute Gasteiger partial charge is 0.479 e. The molecule has 2 N–H and O–H groups in total. The van der Waals surface area contributed by atoms with Crippen LogP contribution in [0.4, 0.5) is 0 Å². The van der Waals surface area contributed by atoms with E-state index in [2.05, 4.69) is 24.3 Å². The van der Waals surface area contributed by atoms with Gasteiger partial charge >= 0.3 is 5.97 Å². The molecular weight excluding hydrogens is 342 g/mol. The van der Waals surface area contributed by atoms with Gasteiger partial charge in [-0.2, -0.15) is 0 Å². The first kappa shape index (κ1) is 21.4. The van der Waals surface area contributed by atoms with Gasteiger partial charge in [-0.3, -0.25) is 4.79 Å². The van der Waals surface area contributed by atoms with E-state index in [0.29, 0.717) is 19.4 Å². The number of aliphatic carboxylic acids is 1. The number of carbonyl (C=O) groups excluding carboxylic acids is 1. The van der Waals surface area contributed by atoms with Gasteiger partial charge in [-0.25, -0.2) is 4.79 Å². The van der Waals surface area contributed by atoms with E-state index in [4.69, 9.17) is 5.11 Å². The highest BCUT2D eigenvalue weighted by atomic mass is 16.4. The lowest BCUT2D eigenvalue weighted by Gasteiger charge is -2.26. The summed E-state index contributed by atoms with van der Waals surface area (Å²) in [7, 11) is 0. The molecule has 0 aromatic heterocycles. The summed E-state index contributed by atoms with van der Waals surface area (Å²) < 4.78 is 0. The molecule has 1 aliphatic rings. The zero-order valence-electron chi connectivity index (χ0n) is 16.2. The molecule has 1 aromatic carbocycles. The first-order valence-corrected chi connectivity index (χ1v) is 10.3. The maximum atomic E-state index is 12.3. The first-order chi connectivity index (χ1) is 13.1. The maximum absolute atomic E-state index is 12.3. The van der Waals surface area contributed by atoms with Gasteiger partial charge in [-0.15, -0.1) is 0 Å². The van der Waals surface area contributed by atoms with E-state index in [1.165, 1.54) is 31.2 Å². The fraction of sp³-hybridized carbons (Fsp3) is 0.636. The maximum Gasteiger partial charge on any atom is 0.334 e. The molecule has 27 heavy (non-hydrogen) atoms. The number of hydrogen-bond donors (Lipinski definition) is 2. The monoisotopic (exact) mass is 375 g/mol. The summed E-state index contributed by atoms with van der Waals surface area (Å²) in [6, 6.07) is 10.0. The molecule has 0 spiro atoms. The molecule has 1 saturated heterocycles. The van der Waals surface area contributed by atoms with Crippen molar-refractivity contribution in [3.8, 4) is 0 Å². The number of nitrogens with zero attached hydrogens (tertiary/aromatic N) is 1. The van der Waals surface area contributed by atoms with Crippen LogP contribution in [0, 0.1) is 0 Å². The Morgan fingerprint density at radius 1 is 1.00 bits per heavy atom. The second-order valence-corrected chi connectivity index (χ2v) is 7.54. The minimum atomic E-state index is -1.47. The zero-order chi connectivity index (χ0) is 19.5. The van der Waals surface area contributed by atoms with Crippen LogP contribution in [0.1, 0.15) is 69.8 Å². The van der Waals surface area contributed by atoms with Crippen LogP contribution in [0.25, 0.3) is 0 Å². The van der Waals surface area contributed by atoms with E-state index in [1.54, 1.807) is 4.90 Å². The molecule has 5 heteroatoms. The second kappa shape index (κ2) is 11.8. The minimum absolute atomic E-state index is 0.0133. The van der Waals surface area contributed by atoms with E-state index in [0.717, 1.165) is 32.1 Å². The van der Waals surface area contributed by atoms with Gasteiger partial charge in [0, 0.05) is 13.0 Å². The normalized spacial score (nSPS) is 17.8. The zero-order valence-corrected chi connectivity index (χ0v) is 16.2. The Balaban J connectivity index is 1.50. The van der Waals surface area contributed by atoms with Crippen molar-refractivity contribution in [1.82, 2.24) is 4.90 Å². The van der Waals surface area contributed by atoms with Crippen molar-refractivity contribution in [2.45, 2.75) is 82.8 Å². The molecule has 0 aliphatic carbocycles. The smallest absolute Gasteiger partial charge is 0.334 e. The predicted octanol–water partition coefficient (Wildman–Crippen LogP) is 3.79. The van der Waals surface area contributed by atoms with Crippen LogP contribution < -0.4 is 0 Å². The summed E-state index contributed by atoms with van der Waals surface area (Å²) in [5.74, 6) is -1.26. The quantitative estimate of drug-likeness (QED) is 0.545. The van der Waals surface area contributed by atoms with Crippen molar-refractivity contribution in [3.05, 3.63) is 35.9 Å². The Kier molecular flexibility index (Phi) is 9.32. The number of carboxylic acid groups (broad SMARTS) is 1. The summed E-state index contributed by atoms with van der Waals surface area (Å²) in [6.07, 6.45) is 9.40. The van der Waals surface area contributed by atoms with Crippen molar-refractivity contribution >= 4 is 11.9 Å². The van der Waals surface area contributed by atoms with Crippen molar-refractivity contribution in [2.24, 2.45) is 0 Å². The molecule has 2 atom stereocenters. The lowest BCUT2D eigenvalue weighted by molar-refractivity contribution is -0.151. The van der Waals surface area contributed by atoms with Crippen molar-refractivity contribution in [2.75, 3.05) is 6.54 Å². The summed E-state index contributed by atoms with van der Waals surface area (Å²) in [5, 5.41) is 18.7. The Bertz CT molecular complexity index is 575. The number of aliphatic hydroxyl groups excluding tert-OH is 1. The van der Waals surface area contributed by atoms with Crippen LogP contribution >= 0.6 is 0 Å². The highest BCUT2D eigenvalue weighted by molar-refractivity contribution is 5.79. The van der Waals surface area contributed by atoms with Crippen molar-refractivity contribution in [3.63, 3.8) is 0 Å². The molecule has 1 amide bonds. The SMILES string of the molecule is O=C(O)C(O)[C@@H]1CCCN1C(=O)CCCCCCCCCc1ccccc1. The highest BCUT2D eigenvalue weighted by Crippen LogP contribution is 2.22. The van der Waals surface area contributed by atoms with Crippen molar-refractivity contribution in [1.29, 1.82) is 0 Å². The van der Waals surface area contributed by atoms with Gasteiger partial charge in [-0.1, -0.05) is 62.4 Å². The highest BCUT2D eigenvalue weighted by Gasteiger charge is 2.36. The van der Waals surface area contributed by atoms with Crippen LogP contribution in [-0.4, -0.2) is 45.7 Å². The predicted molar refractivity (Wildman–Crippen MR) is 105 cm³/mol. The van der Waals surface area contributed by atoms with Gasteiger partial charge in [0.25, 0.3) is 0 Å². The standard InChI is InChI=1S/C22H33NO4/c24-20(23-17-11-15-19(23)21(25)22(26)27)16-10-5-3-1-2-4-7-12-18-13-8-6-9-14-18/h6,8-9,13-14,19,21,25H,1-5,7,10-12,15-17H2,(H,26,27)/t19-,21?/m0/s1. The van der Waals surface area contributed by atoms with E-state index in [9.17, 15) is 14.7 Å². The van der Waals surface area contributed by atoms with Crippen LogP contribution in [0.15, 0.2) is 30.3 Å². The van der Waals surface area contributed by atoms with Gasteiger partial charge in [0.2, 0.25) is 5.91 Å². The van der Waals surface area contributed by atoms with E-state index in [1.807, 2.05) is 6.07 Å². The molecule has 0 radical (unpaired) electrons. The van der Waals surface area contributed by atoms with E-state index >= 15 is 0 Å². The number of amides is 1. The van der Waals surface area contributed by atoms with E-state index < -0.39 is 18.1 Å². The number of rotatable bonds is 12. The van der Waals surface area contributed by atoms with Crippen LogP contribution in [-0.2, 0) is 16.0 Å². The first-order valence-electron chi connectivity index (χ1n) is 10.3. The minimum Gasteiger partial charge on any atom is -0.479 e. The Labute approximate surface area is 162 Å². The number of likely N-dealkylation sites (tertiary alicyclic amines) is 1. The molecule has 5 nitrogen and oxygen atoms in total. The molecule has 1 fully saturated rings. The average molecular weight is 376 g/mol. The number of aryl methyl sites for hydroxylation is 1. The molecular formula is C22H33NO4. The van der Waals surface area contributed by atoms with Crippen LogP contribution in [0.5, 0.6) is 0 Å². The number of carboxylic acids is 1. The number of aliphatic hydroxyl groups is 1. The Morgan fingerprint density at radius 2 is 1.63 bits per heavy atom. The molecule has 1 aromatic rings. The third-order valence-corrected chi connectivity index (χ3v) is 5.44. The molecule has 150 valence electrons. The lowest BCUT2D eigenvalue weighted by Crippen LogP contribution is -2.46. The topological polar surface area (TPSA) is 77.8 Å². The fourth-order valence-electron chi connectivity index (χ4n) is 3.87. The van der Waals surface area contributed by atoms with Crippen LogP contribution in [0.2, 0.25) is 0 Å². The van der Waals surface area contributed by atoms with Gasteiger partial charge in [0.05, 0.1) is 6.04 Å². The van der Waals surface area contributed by atoms with Gasteiger partial charge in [-0.05, 0) is 37.7 Å². The third-order valence-electron chi connectivity index (χ3n) is 5.44. The summed E-state index contributed by atoms with van der Waals surface area (Å²) >= 11 is 0. The van der Waals surface area contributed by atoms with Crippen molar-refractivity contribution < 1.29 is 19.8 Å². The number of carbonyl (C=O) groups is 2. The summed E-state index contributed by atoms with van der Waals surface area (Å²) in [5.41, 5.74) is 1.41. The molecule has 0 saturated carbocycles. The molecule has 1 unspecified atom stereocenters. The Hall–Kier alpha value is -1.88. The number of hydrogen-bond acceptors (Lipinski definition) is 3. The number of benzene rings is 1. The van der Waals surface area contributed by atoms with E-state index in [-0.39, 0.29) is 5.91 Å². The summed E-state index contributed by atoms with van der Waals surface area (Å²) in [6.45, 7) is 0.565. The fourth-order valence-corrected chi connectivity index (χ4v) is 3.87.